The third kappa shape index (κ3) is 3.25. The molecule has 9 atom stereocenters. The van der Waals surface area contributed by atoms with Gasteiger partial charge in [-0.25, -0.2) is 9.83 Å². The molecular formula is C33H44N4O2. The first-order valence-electron chi connectivity index (χ1n) is 15.0. The number of hydrogen-bond acceptors (Lipinski definition) is 4. The van der Waals surface area contributed by atoms with Crippen LogP contribution in [0.25, 0.3) is 4.85 Å². The zero-order valence-electron chi connectivity index (χ0n) is 24.8. The van der Waals surface area contributed by atoms with Gasteiger partial charge in [-0.3, -0.25) is 9.48 Å². The smallest absolute Gasteiger partial charge is 0.226 e. The number of carbonyl (C=O) groups excluding carboxylic acids is 2. The van der Waals surface area contributed by atoms with E-state index in [0.29, 0.717) is 11.8 Å². The Hall–Kier alpha value is -2.55. The van der Waals surface area contributed by atoms with Gasteiger partial charge in [0, 0.05) is 23.3 Å². The first-order valence-corrected chi connectivity index (χ1v) is 15.0. The number of rotatable bonds is 2. The monoisotopic (exact) mass is 528 g/mol. The number of allylic oxidation sites excluding steroid dienone is 4. The van der Waals surface area contributed by atoms with E-state index in [1.807, 2.05) is 37.0 Å². The lowest BCUT2D eigenvalue weighted by atomic mass is 9.34. The zero-order valence-corrected chi connectivity index (χ0v) is 24.8. The normalized spacial score (nSPS) is 46.6. The number of fused-ring (bicyclic) bond motifs is 7. The van der Waals surface area contributed by atoms with E-state index >= 15 is 0 Å². The second kappa shape index (κ2) is 8.24. The maximum atomic E-state index is 14.6. The lowest BCUT2D eigenvalue weighted by molar-refractivity contribution is -0.180. The Bertz CT molecular complexity index is 1330. The molecular weight excluding hydrogens is 484 g/mol. The van der Waals surface area contributed by atoms with Crippen LogP contribution < -0.4 is 0 Å². The highest BCUT2D eigenvalue weighted by atomic mass is 16.1. The Morgan fingerprint density at radius 2 is 1.79 bits per heavy atom. The molecule has 1 aromatic rings. The van der Waals surface area contributed by atoms with E-state index in [-0.39, 0.29) is 51.3 Å². The predicted molar refractivity (Wildman–Crippen MR) is 150 cm³/mol. The number of nitrogens with zero attached hydrogens (tertiary/aromatic N) is 4. The summed E-state index contributed by atoms with van der Waals surface area (Å²) in [5.41, 5.74) is 0.0104. The van der Waals surface area contributed by atoms with Crippen LogP contribution in [0, 0.1) is 63.2 Å². The molecule has 0 radical (unpaired) electrons. The molecule has 3 saturated carbocycles. The van der Waals surface area contributed by atoms with Crippen LogP contribution in [-0.4, -0.2) is 26.3 Å². The molecule has 39 heavy (non-hydrogen) atoms. The first kappa shape index (κ1) is 26.7. The van der Waals surface area contributed by atoms with E-state index in [1.165, 1.54) is 12.0 Å². The van der Waals surface area contributed by atoms with Gasteiger partial charge in [0.2, 0.25) is 5.70 Å². The van der Waals surface area contributed by atoms with Crippen LogP contribution in [0.15, 0.2) is 36.1 Å². The van der Waals surface area contributed by atoms with Gasteiger partial charge in [0.15, 0.2) is 11.6 Å². The highest BCUT2D eigenvalue weighted by Gasteiger charge is 2.70. The molecule has 0 spiro atoms. The minimum Gasteiger partial charge on any atom is -0.307 e. The fourth-order valence-corrected chi connectivity index (χ4v) is 10.9. The van der Waals surface area contributed by atoms with Crippen molar-refractivity contribution in [1.29, 1.82) is 0 Å². The van der Waals surface area contributed by atoms with Crippen molar-refractivity contribution in [3.63, 3.8) is 0 Å². The Kier molecular flexibility index (Phi) is 5.63. The minimum absolute atomic E-state index is 0.0380. The average molecular weight is 529 g/mol. The van der Waals surface area contributed by atoms with Gasteiger partial charge in [-0.1, -0.05) is 60.1 Å². The summed E-state index contributed by atoms with van der Waals surface area (Å²) in [6.07, 6.45) is 13.7. The summed E-state index contributed by atoms with van der Waals surface area (Å²) in [5, 5.41) is 4.50. The molecule has 6 nitrogen and oxygen atoms in total. The van der Waals surface area contributed by atoms with Crippen molar-refractivity contribution >= 4 is 11.6 Å². The quantitative estimate of drug-likeness (QED) is 0.400. The van der Waals surface area contributed by atoms with Crippen LogP contribution in [0.5, 0.6) is 0 Å². The van der Waals surface area contributed by atoms with Crippen LogP contribution in [-0.2, 0) is 16.1 Å². The second-order valence-corrected chi connectivity index (χ2v) is 15.1. The zero-order chi connectivity index (χ0) is 28.2. The molecule has 0 aliphatic heterocycles. The molecule has 3 fully saturated rings. The molecule has 5 aliphatic carbocycles. The van der Waals surface area contributed by atoms with Crippen molar-refractivity contribution in [2.24, 2.45) is 56.7 Å². The molecule has 6 rings (SSSR count). The van der Waals surface area contributed by atoms with Crippen molar-refractivity contribution in [2.45, 2.75) is 93.5 Å². The van der Waals surface area contributed by atoms with Gasteiger partial charge >= 0.3 is 0 Å². The molecule has 6 heteroatoms. The number of Topliss-reactive ketones (excluding diaryl/α,β-unsaturated/α-hetero) is 1. The van der Waals surface area contributed by atoms with E-state index in [2.05, 4.69) is 49.5 Å². The van der Waals surface area contributed by atoms with Crippen LogP contribution >= 0.6 is 0 Å². The largest absolute Gasteiger partial charge is 0.307 e. The van der Waals surface area contributed by atoms with E-state index in [4.69, 9.17) is 6.57 Å². The van der Waals surface area contributed by atoms with E-state index < -0.39 is 10.8 Å². The lowest BCUT2D eigenvalue weighted by Gasteiger charge is -2.69. The summed E-state index contributed by atoms with van der Waals surface area (Å²) < 4.78 is 2.00. The maximum Gasteiger partial charge on any atom is 0.226 e. The van der Waals surface area contributed by atoms with Crippen molar-refractivity contribution in [3.05, 3.63) is 47.5 Å². The fraction of sp³-hybridized carbons (Fsp3) is 0.727. The average Bonchev–Trinajstić information content (AvgIpc) is 3.39. The Morgan fingerprint density at radius 3 is 2.46 bits per heavy atom. The molecule has 208 valence electrons. The van der Waals surface area contributed by atoms with Gasteiger partial charge in [0.1, 0.15) is 12.7 Å². The van der Waals surface area contributed by atoms with Gasteiger partial charge in [-0.15, -0.1) is 0 Å². The summed E-state index contributed by atoms with van der Waals surface area (Å²) in [6.45, 7) is 24.4. The number of ketones is 2. The van der Waals surface area contributed by atoms with Crippen LogP contribution in [0.2, 0.25) is 0 Å². The fourth-order valence-electron chi connectivity index (χ4n) is 10.9. The van der Waals surface area contributed by atoms with Gasteiger partial charge in [0.25, 0.3) is 0 Å². The summed E-state index contributed by atoms with van der Waals surface area (Å²) in [7, 11) is 0. The van der Waals surface area contributed by atoms with Gasteiger partial charge in [0.05, 0.1) is 6.57 Å². The van der Waals surface area contributed by atoms with Crippen LogP contribution in [0.4, 0.5) is 0 Å². The van der Waals surface area contributed by atoms with Gasteiger partial charge in [-0.2, -0.15) is 5.10 Å². The minimum atomic E-state index is -0.626. The van der Waals surface area contributed by atoms with E-state index in [0.717, 1.165) is 38.6 Å². The lowest BCUT2D eigenvalue weighted by Crippen LogP contribution is -2.66. The Labute approximate surface area is 233 Å². The maximum absolute atomic E-state index is 14.6. The molecule has 0 aromatic carbocycles. The van der Waals surface area contributed by atoms with E-state index in [9.17, 15) is 9.59 Å². The topological polar surface area (TPSA) is 69.2 Å². The highest BCUT2D eigenvalue weighted by molar-refractivity contribution is 6.03. The molecule has 0 unspecified atom stereocenters. The van der Waals surface area contributed by atoms with Crippen molar-refractivity contribution in [1.82, 2.24) is 14.8 Å². The van der Waals surface area contributed by atoms with Crippen molar-refractivity contribution < 1.29 is 9.59 Å². The Balaban J connectivity index is 1.52. The summed E-state index contributed by atoms with van der Waals surface area (Å²) in [5.74, 6) is 1.58. The van der Waals surface area contributed by atoms with Crippen LogP contribution in [0.3, 0.4) is 0 Å². The third-order valence-corrected chi connectivity index (χ3v) is 13.3. The molecule has 5 aliphatic rings. The van der Waals surface area contributed by atoms with Crippen molar-refractivity contribution in [3.8, 4) is 0 Å². The molecule has 0 amide bonds. The van der Waals surface area contributed by atoms with Gasteiger partial charge < -0.3 is 4.79 Å². The number of aromatic nitrogens is 3. The summed E-state index contributed by atoms with van der Waals surface area (Å²) in [4.78, 5) is 35.8. The second-order valence-electron chi connectivity index (χ2n) is 15.1. The summed E-state index contributed by atoms with van der Waals surface area (Å²) >= 11 is 0. The third-order valence-electron chi connectivity index (χ3n) is 13.3. The number of hydrogen-bond donors (Lipinski definition) is 0. The molecule has 0 saturated heterocycles. The van der Waals surface area contributed by atoms with Crippen LogP contribution in [0.1, 0.15) is 87.0 Å². The van der Waals surface area contributed by atoms with E-state index in [1.54, 1.807) is 6.33 Å². The predicted octanol–water partition coefficient (Wildman–Crippen LogP) is 6.71. The molecule has 1 aromatic heterocycles. The van der Waals surface area contributed by atoms with Crippen molar-refractivity contribution in [2.75, 3.05) is 0 Å². The standard InChI is InChI=1S/C33H44N4O2/c1-20-9-12-33(17-37-19-35-18-36-37)14-13-32(7)27(26(33)21(20)2)23(38)15-25-30(5)16-22(34-8)28(39)29(3,4)24(30)10-11-31(25,32)6/h15-16,18-21,24,26-27H,9-14,17H2,1-7H3/t20-,21+,24+,26+,27-,30+,31-,32-,33-/m1/s1. The number of carbonyl (C=O) groups is 2. The first-order chi connectivity index (χ1) is 18.2. The highest BCUT2D eigenvalue weighted by Crippen LogP contribution is 2.74. The molecule has 1 heterocycles. The summed E-state index contributed by atoms with van der Waals surface area (Å²) in [6, 6.07) is 0. The molecule has 0 bridgehead atoms. The SMILES string of the molecule is [C-]#[N+]C1=C[C@]2(C)C3=CC(=O)[C@@H]4[C@@H]5[C@@H](C)[C@H](C)CC[C@]5(Cn5cncn5)CC[C@@]4(C)[C@]3(C)CC[C@H]2C(C)(C)C1=O. The van der Waals surface area contributed by atoms with Gasteiger partial charge in [-0.05, 0) is 84.5 Å². The molecule has 0 N–H and O–H groups in total. The Morgan fingerprint density at radius 1 is 1.05 bits per heavy atom.